The number of esters is 4. The van der Waals surface area contributed by atoms with Gasteiger partial charge in [0, 0.05) is 25.7 Å². The van der Waals surface area contributed by atoms with Crippen LogP contribution in [0.1, 0.15) is 350 Å². The van der Waals surface area contributed by atoms with Crippen LogP contribution in [0.25, 0.3) is 0 Å². The number of phosphoric ester groups is 2. The summed E-state index contributed by atoms with van der Waals surface area (Å²) in [5.41, 5.74) is 0. The molecule has 3 N–H and O–H groups in total. The third kappa shape index (κ3) is 64.6. The van der Waals surface area contributed by atoms with Gasteiger partial charge in [0.2, 0.25) is 0 Å². The zero-order valence-corrected chi connectivity index (χ0v) is 59.7. The Labute approximate surface area is 543 Å². The molecule has 0 rings (SSSR count). The minimum atomic E-state index is -4.95. The standard InChI is InChI=1S/C70H136O17P2/c1-8-9-10-11-12-13-14-23-30-37-44-51-67(72)80-58-66(87-70(75)54-47-40-33-26-19-22-29-36-43-50-63(6)7)60-85-89(78,79)83-56-64(71)55-82-88(76,77)84-59-65(86-69(74)53-46-39-32-25-18-16-21-28-35-42-49-62(4)5)57-81-68(73)52-45-38-31-24-17-15-20-27-34-41-48-61(2)3/h61-66,71H,8-60H2,1-7H3,(H,76,77)(H,78,79)/t64-,65-,66-/m1/s1. The highest BCUT2D eigenvalue weighted by Crippen LogP contribution is 2.45. The lowest BCUT2D eigenvalue weighted by Crippen LogP contribution is -2.30. The summed E-state index contributed by atoms with van der Waals surface area (Å²) in [6, 6.07) is 0. The van der Waals surface area contributed by atoms with Gasteiger partial charge in [0.15, 0.2) is 12.2 Å². The monoisotopic (exact) mass is 1310 g/mol. The van der Waals surface area contributed by atoms with E-state index in [2.05, 4.69) is 48.5 Å². The van der Waals surface area contributed by atoms with Gasteiger partial charge >= 0.3 is 39.5 Å². The number of aliphatic hydroxyl groups is 1. The van der Waals surface area contributed by atoms with E-state index in [1.54, 1.807) is 0 Å². The van der Waals surface area contributed by atoms with Crippen molar-refractivity contribution < 1.29 is 80.2 Å². The lowest BCUT2D eigenvalue weighted by molar-refractivity contribution is -0.161. The summed E-state index contributed by atoms with van der Waals surface area (Å²) in [4.78, 5) is 72.5. The second kappa shape index (κ2) is 61.0. The molecule has 0 aliphatic heterocycles. The maximum Gasteiger partial charge on any atom is 0.472 e. The number of hydrogen-bond donors (Lipinski definition) is 3. The number of unbranched alkanes of at least 4 members (excludes halogenated alkanes) is 36. The number of phosphoric acid groups is 2. The van der Waals surface area contributed by atoms with Crippen LogP contribution in [0.5, 0.6) is 0 Å². The predicted octanol–water partition coefficient (Wildman–Crippen LogP) is 19.8. The number of hydrogen-bond acceptors (Lipinski definition) is 15. The number of rotatable bonds is 68. The van der Waals surface area contributed by atoms with E-state index in [9.17, 15) is 43.2 Å². The third-order valence-electron chi connectivity index (χ3n) is 16.1. The number of carbonyl (C=O) groups is 4. The smallest absolute Gasteiger partial charge is 0.462 e. The van der Waals surface area contributed by atoms with Gasteiger partial charge in [-0.25, -0.2) is 9.13 Å². The van der Waals surface area contributed by atoms with E-state index in [1.165, 1.54) is 161 Å². The molecule has 0 heterocycles. The van der Waals surface area contributed by atoms with E-state index in [0.717, 1.165) is 108 Å². The van der Waals surface area contributed by atoms with Crippen LogP contribution in [0.3, 0.4) is 0 Å². The Morgan fingerprint density at radius 3 is 0.764 bits per heavy atom. The van der Waals surface area contributed by atoms with Crippen LogP contribution in [0.4, 0.5) is 0 Å². The molecule has 19 heteroatoms. The van der Waals surface area contributed by atoms with Gasteiger partial charge < -0.3 is 33.8 Å². The number of ether oxygens (including phenoxy) is 4. The molecule has 89 heavy (non-hydrogen) atoms. The molecule has 0 aromatic carbocycles. The molecular weight excluding hydrogens is 1170 g/mol. The first-order valence-corrected chi connectivity index (χ1v) is 39.3. The second-order valence-electron chi connectivity index (χ2n) is 26.7. The molecule has 0 bridgehead atoms. The molecule has 0 saturated heterocycles. The SMILES string of the molecule is CCCCCCCCCCCCCC(=O)OC[C@H](COP(=O)(O)OC[C@H](O)COP(=O)(O)OC[C@@H](COC(=O)CCCCCCCCCCCCC(C)C)OC(=O)CCCCCCCCCCCCC(C)C)OC(=O)CCCCCCCCCCCC(C)C. The minimum absolute atomic E-state index is 0.105. The molecule has 0 aliphatic carbocycles. The van der Waals surface area contributed by atoms with Gasteiger partial charge in [-0.3, -0.25) is 37.3 Å². The fourth-order valence-electron chi connectivity index (χ4n) is 10.5. The third-order valence-corrected chi connectivity index (χ3v) is 18.0. The van der Waals surface area contributed by atoms with Crippen molar-refractivity contribution in [3.05, 3.63) is 0 Å². The average molecular weight is 1310 g/mol. The molecule has 2 unspecified atom stereocenters. The van der Waals surface area contributed by atoms with E-state index in [-0.39, 0.29) is 25.7 Å². The Kier molecular flexibility index (Phi) is 59.6. The van der Waals surface area contributed by atoms with Crippen LogP contribution in [-0.2, 0) is 65.4 Å². The Hall–Kier alpha value is -1.94. The van der Waals surface area contributed by atoms with Gasteiger partial charge in [-0.15, -0.1) is 0 Å². The lowest BCUT2D eigenvalue weighted by Gasteiger charge is -2.21. The molecule has 0 fully saturated rings. The summed E-state index contributed by atoms with van der Waals surface area (Å²) in [5.74, 6) is 0.121. The fourth-order valence-corrected chi connectivity index (χ4v) is 12.1. The van der Waals surface area contributed by atoms with Crippen LogP contribution < -0.4 is 0 Å². The molecule has 0 amide bonds. The number of carbonyl (C=O) groups excluding carboxylic acids is 4. The first kappa shape index (κ1) is 87.1. The largest absolute Gasteiger partial charge is 0.472 e. The van der Waals surface area contributed by atoms with Gasteiger partial charge in [0.1, 0.15) is 19.3 Å². The topological polar surface area (TPSA) is 237 Å². The molecule has 528 valence electrons. The molecule has 0 radical (unpaired) electrons. The van der Waals surface area contributed by atoms with Crippen LogP contribution in [0, 0.1) is 17.8 Å². The normalized spacial score (nSPS) is 14.2. The predicted molar refractivity (Wildman–Crippen MR) is 358 cm³/mol. The molecule has 5 atom stereocenters. The van der Waals surface area contributed by atoms with Crippen molar-refractivity contribution in [2.75, 3.05) is 39.6 Å². The van der Waals surface area contributed by atoms with E-state index in [1.807, 2.05) is 0 Å². The van der Waals surface area contributed by atoms with Gasteiger partial charge in [-0.2, -0.15) is 0 Å². The van der Waals surface area contributed by atoms with E-state index >= 15 is 0 Å². The van der Waals surface area contributed by atoms with Crippen molar-refractivity contribution in [1.29, 1.82) is 0 Å². The molecule has 0 aromatic heterocycles. The summed E-state index contributed by atoms with van der Waals surface area (Å²) >= 11 is 0. The Morgan fingerprint density at radius 2 is 0.517 bits per heavy atom. The van der Waals surface area contributed by atoms with E-state index < -0.39 is 97.5 Å². The van der Waals surface area contributed by atoms with Gasteiger partial charge in [-0.1, -0.05) is 299 Å². The summed E-state index contributed by atoms with van der Waals surface area (Å²) in [6.07, 6.45) is 44.3. The quantitative estimate of drug-likeness (QED) is 0.0222. The zero-order chi connectivity index (χ0) is 65.9. The minimum Gasteiger partial charge on any atom is -0.462 e. The highest BCUT2D eigenvalue weighted by Gasteiger charge is 2.30. The van der Waals surface area contributed by atoms with Crippen molar-refractivity contribution in [2.24, 2.45) is 17.8 Å². The fraction of sp³-hybridized carbons (Fsp3) is 0.943. The van der Waals surface area contributed by atoms with E-state index in [0.29, 0.717) is 25.7 Å². The summed E-state index contributed by atoms with van der Waals surface area (Å²) in [5, 5.41) is 10.6. The van der Waals surface area contributed by atoms with Gasteiger partial charge in [0.25, 0.3) is 0 Å². The van der Waals surface area contributed by atoms with Crippen LogP contribution in [0.15, 0.2) is 0 Å². The summed E-state index contributed by atoms with van der Waals surface area (Å²) in [6.45, 7) is 11.8. The van der Waals surface area contributed by atoms with Crippen molar-refractivity contribution >= 4 is 39.5 Å². The summed E-state index contributed by atoms with van der Waals surface area (Å²) in [7, 11) is -9.90. The van der Waals surface area contributed by atoms with E-state index in [4.69, 9.17) is 37.0 Å². The molecular formula is C70H136O17P2. The maximum absolute atomic E-state index is 13.0. The summed E-state index contributed by atoms with van der Waals surface area (Å²) < 4.78 is 68.3. The molecule has 0 aliphatic rings. The van der Waals surface area contributed by atoms with Crippen LogP contribution in [0.2, 0.25) is 0 Å². The molecule has 0 spiro atoms. The Balaban J connectivity index is 5.26. The average Bonchev–Trinajstić information content (AvgIpc) is 3.51. The van der Waals surface area contributed by atoms with Gasteiger partial charge in [-0.05, 0) is 43.4 Å². The lowest BCUT2D eigenvalue weighted by atomic mass is 10.0. The van der Waals surface area contributed by atoms with Crippen LogP contribution in [-0.4, -0.2) is 96.7 Å². The number of aliphatic hydroxyl groups excluding tert-OH is 1. The van der Waals surface area contributed by atoms with Crippen molar-refractivity contribution in [2.45, 2.75) is 369 Å². The van der Waals surface area contributed by atoms with Crippen molar-refractivity contribution in [1.82, 2.24) is 0 Å². The van der Waals surface area contributed by atoms with Gasteiger partial charge in [0.05, 0.1) is 26.4 Å². The van der Waals surface area contributed by atoms with Crippen LogP contribution >= 0.6 is 15.6 Å². The maximum atomic E-state index is 13.0. The first-order valence-electron chi connectivity index (χ1n) is 36.3. The highest BCUT2D eigenvalue weighted by atomic mass is 31.2. The molecule has 0 aromatic rings. The highest BCUT2D eigenvalue weighted by molar-refractivity contribution is 7.47. The first-order chi connectivity index (χ1) is 42.7. The second-order valence-corrected chi connectivity index (χ2v) is 29.6. The Bertz CT molecular complexity index is 1750. The Morgan fingerprint density at radius 1 is 0.303 bits per heavy atom. The van der Waals surface area contributed by atoms with Crippen molar-refractivity contribution in [3.63, 3.8) is 0 Å². The zero-order valence-electron chi connectivity index (χ0n) is 57.9. The molecule has 17 nitrogen and oxygen atoms in total. The molecule has 0 saturated carbocycles. The van der Waals surface area contributed by atoms with Crippen molar-refractivity contribution in [3.8, 4) is 0 Å².